The van der Waals surface area contributed by atoms with E-state index in [9.17, 15) is 0 Å². The number of nitrogens with one attached hydrogen (secondary N) is 2. The van der Waals surface area contributed by atoms with E-state index in [2.05, 4.69) is 64.8 Å². The molecule has 2 atom stereocenters. The fourth-order valence-corrected chi connectivity index (χ4v) is 3.70. The van der Waals surface area contributed by atoms with Gasteiger partial charge in [0.05, 0.1) is 5.69 Å². The molecule has 4 heteroatoms. The van der Waals surface area contributed by atoms with Crippen molar-refractivity contribution in [2.45, 2.75) is 57.2 Å². The average Bonchev–Trinajstić information content (AvgIpc) is 3.10. The molecule has 1 aromatic carbocycles. The lowest BCUT2D eigenvalue weighted by Crippen LogP contribution is -2.51. The summed E-state index contributed by atoms with van der Waals surface area (Å²) in [6.07, 6.45) is 10.4. The van der Waals surface area contributed by atoms with E-state index in [-0.39, 0.29) is 11.6 Å². The summed E-state index contributed by atoms with van der Waals surface area (Å²) in [5.41, 5.74) is 2.53. The van der Waals surface area contributed by atoms with E-state index in [1.807, 2.05) is 6.20 Å². The zero-order valence-corrected chi connectivity index (χ0v) is 14.7. The van der Waals surface area contributed by atoms with Gasteiger partial charge in [0.1, 0.15) is 0 Å². The smallest absolute Gasteiger partial charge is 0.0753 e. The second-order valence-corrected chi connectivity index (χ2v) is 7.00. The van der Waals surface area contributed by atoms with Gasteiger partial charge >= 0.3 is 0 Å². The Kier molecular flexibility index (Phi) is 5.59. The summed E-state index contributed by atoms with van der Waals surface area (Å²) in [5, 5.41) is 7.59. The van der Waals surface area contributed by atoms with Crippen molar-refractivity contribution < 1.29 is 0 Å². The van der Waals surface area contributed by atoms with Crippen LogP contribution in [0.4, 0.5) is 0 Å². The Morgan fingerprint density at radius 1 is 1.04 bits per heavy atom. The van der Waals surface area contributed by atoms with Gasteiger partial charge < -0.3 is 10.6 Å². The van der Waals surface area contributed by atoms with E-state index >= 15 is 0 Å². The molecule has 4 nitrogen and oxygen atoms in total. The van der Waals surface area contributed by atoms with Gasteiger partial charge in [0, 0.05) is 42.8 Å². The Hall–Kier alpha value is -1.78. The molecule has 1 saturated carbocycles. The van der Waals surface area contributed by atoms with Crippen molar-refractivity contribution in [3.63, 3.8) is 0 Å². The Labute approximate surface area is 145 Å². The van der Waals surface area contributed by atoms with Crippen molar-refractivity contribution in [2.24, 2.45) is 0 Å². The summed E-state index contributed by atoms with van der Waals surface area (Å²) in [5.74, 6) is 0. The number of aromatic nitrogens is 2. The molecule has 0 radical (unpaired) electrons. The monoisotopic (exact) mass is 324 g/mol. The van der Waals surface area contributed by atoms with Crippen molar-refractivity contribution >= 4 is 0 Å². The number of hydrogen-bond acceptors (Lipinski definition) is 4. The van der Waals surface area contributed by atoms with Crippen LogP contribution in [0.1, 0.15) is 62.9 Å². The normalized spacial score (nSPS) is 19.1. The van der Waals surface area contributed by atoms with E-state index in [1.54, 1.807) is 12.4 Å². The maximum atomic E-state index is 4.41. The molecule has 2 N–H and O–H groups in total. The van der Waals surface area contributed by atoms with Gasteiger partial charge in [-0.2, -0.15) is 0 Å². The third-order valence-electron chi connectivity index (χ3n) is 5.16. The second kappa shape index (κ2) is 7.86. The Morgan fingerprint density at radius 2 is 1.79 bits per heavy atom. The highest BCUT2D eigenvalue weighted by Crippen LogP contribution is 2.32. The van der Waals surface area contributed by atoms with Crippen molar-refractivity contribution in [3.8, 4) is 0 Å². The van der Waals surface area contributed by atoms with Gasteiger partial charge in [-0.1, -0.05) is 43.2 Å². The van der Waals surface area contributed by atoms with Gasteiger partial charge in [0.15, 0.2) is 0 Å². The first-order chi connectivity index (χ1) is 11.7. The highest BCUT2D eigenvalue weighted by molar-refractivity contribution is 5.19. The summed E-state index contributed by atoms with van der Waals surface area (Å²) in [6.45, 7) is 5.39. The van der Waals surface area contributed by atoms with Crippen molar-refractivity contribution in [1.82, 2.24) is 20.6 Å². The van der Waals surface area contributed by atoms with E-state index in [0.717, 1.165) is 12.2 Å². The standard InChI is InChI=1S/C20H28N4/c1-16(18-8-4-3-5-9-18)24-20(10-6-7-11-20)15-23-17(2)19-14-21-12-13-22-19/h3-5,8-9,12-14,16-17,23-24H,6-7,10-11,15H2,1-2H3. The summed E-state index contributed by atoms with van der Waals surface area (Å²) in [4.78, 5) is 8.58. The van der Waals surface area contributed by atoms with E-state index < -0.39 is 0 Å². The molecule has 0 bridgehead atoms. The largest absolute Gasteiger partial charge is 0.307 e. The van der Waals surface area contributed by atoms with Gasteiger partial charge in [0.25, 0.3) is 0 Å². The van der Waals surface area contributed by atoms with Crippen LogP contribution in [-0.4, -0.2) is 22.1 Å². The van der Waals surface area contributed by atoms with Crippen LogP contribution in [0.2, 0.25) is 0 Å². The molecule has 1 aliphatic rings. The molecule has 0 amide bonds. The molecule has 24 heavy (non-hydrogen) atoms. The molecular formula is C20H28N4. The van der Waals surface area contributed by atoms with Crippen LogP contribution in [-0.2, 0) is 0 Å². The minimum Gasteiger partial charge on any atom is -0.307 e. The van der Waals surface area contributed by atoms with Crippen LogP contribution in [0.5, 0.6) is 0 Å². The SMILES string of the molecule is CC(NC1(CNC(C)c2cnccn2)CCCC1)c1ccccc1. The Morgan fingerprint density at radius 3 is 2.46 bits per heavy atom. The van der Waals surface area contributed by atoms with Crippen LogP contribution in [0.25, 0.3) is 0 Å². The molecule has 0 saturated heterocycles. The van der Waals surface area contributed by atoms with Crippen LogP contribution >= 0.6 is 0 Å². The molecule has 1 aromatic heterocycles. The zero-order chi connectivity index (χ0) is 16.8. The quantitative estimate of drug-likeness (QED) is 0.813. The summed E-state index contributed by atoms with van der Waals surface area (Å²) in [6, 6.07) is 11.3. The van der Waals surface area contributed by atoms with Gasteiger partial charge in [-0.05, 0) is 32.3 Å². The lowest BCUT2D eigenvalue weighted by molar-refractivity contribution is 0.275. The van der Waals surface area contributed by atoms with Gasteiger partial charge in [0.2, 0.25) is 0 Å². The molecule has 0 spiro atoms. The minimum absolute atomic E-state index is 0.172. The van der Waals surface area contributed by atoms with Crippen molar-refractivity contribution in [2.75, 3.05) is 6.54 Å². The number of hydrogen-bond donors (Lipinski definition) is 2. The molecule has 0 aliphatic heterocycles. The van der Waals surface area contributed by atoms with E-state index in [1.165, 1.54) is 31.2 Å². The minimum atomic E-state index is 0.172. The van der Waals surface area contributed by atoms with E-state index in [0.29, 0.717) is 6.04 Å². The number of nitrogens with zero attached hydrogens (tertiary/aromatic N) is 2. The topological polar surface area (TPSA) is 49.8 Å². The molecule has 2 unspecified atom stereocenters. The van der Waals surface area contributed by atoms with Gasteiger partial charge in [-0.3, -0.25) is 9.97 Å². The molecule has 1 heterocycles. The van der Waals surface area contributed by atoms with Gasteiger partial charge in [-0.15, -0.1) is 0 Å². The highest BCUT2D eigenvalue weighted by atomic mass is 15.1. The molecule has 1 fully saturated rings. The van der Waals surface area contributed by atoms with Crippen LogP contribution < -0.4 is 10.6 Å². The first kappa shape index (κ1) is 17.1. The number of rotatable bonds is 7. The summed E-state index contributed by atoms with van der Waals surface area (Å²) < 4.78 is 0. The molecule has 3 rings (SSSR count). The first-order valence-electron chi connectivity index (χ1n) is 9.00. The molecule has 1 aliphatic carbocycles. The molecule has 128 valence electrons. The first-order valence-corrected chi connectivity index (χ1v) is 9.00. The third kappa shape index (κ3) is 4.19. The summed E-state index contributed by atoms with van der Waals surface area (Å²) in [7, 11) is 0. The lowest BCUT2D eigenvalue weighted by atomic mass is 9.94. The predicted octanol–water partition coefficient (Wildman–Crippen LogP) is 3.79. The maximum absolute atomic E-state index is 4.41. The van der Waals surface area contributed by atoms with Gasteiger partial charge in [-0.25, -0.2) is 0 Å². The lowest BCUT2D eigenvalue weighted by Gasteiger charge is -2.35. The van der Waals surface area contributed by atoms with Crippen molar-refractivity contribution in [1.29, 1.82) is 0 Å². The van der Waals surface area contributed by atoms with Crippen LogP contribution in [0.15, 0.2) is 48.9 Å². The second-order valence-electron chi connectivity index (χ2n) is 7.00. The third-order valence-corrected chi connectivity index (χ3v) is 5.16. The molecular weight excluding hydrogens is 296 g/mol. The number of benzene rings is 1. The van der Waals surface area contributed by atoms with Crippen molar-refractivity contribution in [3.05, 3.63) is 60.2 Å². The van der Waals surface area contributed by atoms with Crippen LogP contribution in [0.3, 0.4) is 0 Å². The fourth-order valence-electron chi connectivity index (χ4n) is 3.70. The predicted molar refractivity (Wildman–Crippen MR) is 97.6 cm³/mol. The van der Waals surface area contributed by atoms with Crippen LogP contribution in [0, 0.1) is 0 Å². The highest BCUT2D eigenvalue weighted by Gasteiger charge is 2.35. The maximum Gasteiger partial charge on any atom is 0.0753 e. The summed E-state index contributed by atoms with van der Waals surface area (Å²) >= 11 is 0. The van der Waals surface area contributed by atoms with E-state index in [4.69, 9.17) is 0 Å². The molecule has 2 aromatic rings. The zero-order valence-electron chi connectivity index (χ0n) is 14.7. The average molecular weight is 324 g/mol. The fraction of sp³-hybridized carbons (Fsp3) is 0.500. The Balaban J connectivity index is 1.63. The Bertz CT molecular complexity index is 608.